The van der Waals surface area contributed by atoms with Crippen molar-refractivity contribution in [2.45, 2.75) is 82.9 Å². The summed E-state index contributed by atoms with van der Waals surface area (Å²) in [6.07, 6.45) is 8.30. The number of hydrogen-bond acceptors (Lipinski definition) is 6. The fraction of sp³-hybridized carbons (Fsp3) is 1.00. The van der Waals surface area contributed by atoms with Crippen molar-refractivity contribution in [2.75, 3.05) is 27.4 Å². The van der Waals surface area contributed by atoms with Crippen LogP contribution in [0.25, 0.3) is 0 Å². The van der Waals surface area contributed by atoms with Crippen molar-refractivity contribution in [3.05, 3.63) is 0 Å². The molecule has 4 saturated carbocycles. The standard InChI is InChI=1S/C23H38O5S/c1-21-8-5-14(28-29)13-17(21)19(24-3)20(25-4)18-15(21)6-9-22(2)16(18)7-10-23(22)26-11-12-27-23/h14-20,29H,5-13H2,1-4H3/t14-,15?,16?,17?,18?,19+,20+,21+,22-/m0/s1. The number of fused-ring (bicyclic) bond motifs is 6. The highest BCUT2D eigenvalue weighted by Crippen LogP contribution is 2.70. The van der Waals surface area contributed by atoms with E-state index in [2.05, 4.69) is 26.8 Å². The molecular formula is C23H38O5S. The Morgan fingerprint density at radius 1 is 0.828 bits per heavy atom. The summed E-state index contributed by atoms with van der Waals surface area (Å²) >= 11 is 4.15. The Morgan fingerprint density at radius 3 is 2.17 bits per heavy atom. The maximum atomic E-state index is 6.32. The first-order valence-corrected chi connectivity index (χ1v) is 11.9. The van der Waals surface area contributed by atoms with E-state index in [0.717, 1.165) is 38.9 Å². The van der Waals surface area contributed by atoms with Crippen molar-refractivity contribution in [3.8, 4) is 0 Å². The molecule has 166 valence electrons. The molecule has 9 atom stereocenters. The van der Waals surface area contributed by atoms with Crippen LogP contribution < -0.4 is 0 Å². The molecule has 1 saturated heterocycles. The van der Waals surface area contributed by atoms with Gasteiger partial charge in [0.1, 0.15) is 0 Å². The van der Waals surface area contributed by atoms with Crippen molar-refractivity contribution < 1.29 is 23.1 Å². The Hall–Kier alpha value is 0.150. The average Bonchev–Trinajstić information content (AvgIpc) is 3.32. The van der Waals surface area contributed by atoms with Crippen molar-refractivity contribution >= 4 is 12.9 Å². The maximum absolute atomic E-state index is 6.32. The van der Waals surface area contributed by atoms with Crippen LogP contribution in [0.1, 0.15) is 58.8 Å². The molecule has 0 amide bonds. The smallest absolute Gasteiger partial charge is 0.174 e. The first-order valence-electron chi connectivity index (χ1n) is 11.6. The summed E-state index contributed by atoms with van der Waals surface area (Å²) < 4.78 is 30.6. The molecule has 29 heavy (non-hydrogen) atoms. The number of thiol groups is 1. The van der Waals surface area contributed by atoms with Gasteiger partial charge < -0.3 is 23.1 Å². The average molecular weight is 427 g/mol. The van der Waals surface area contributed by atoms with Crippen LogP contribution in [0.2, 0.25) is 0 Å². The molecule has 1 heterocycles. The van der Waals surface area contributed by atoms with E-state index in [1.165, 1.54) is 19.3 Å². The van der Waals surface area contributed by atoms with E-state index in [9.17, 15) is 0 Å². The van der Waals surface area contributed by atoms with Gasteiger partial charge in [0.2, 0.25) is 0 Å². The van der Waals surface area contributed by atoms with Crippen molar-refractivity contribution in [1.82, 2.24) is 0 Å². The molecule has 1 aliphatic heterocycles. The Morgan fingerprint density at radius 2 is 1.52 bits per heavy atom. The second kappa shape index (κ2) is 7.35. The largest absolute Gasteiger partial charge is 0.378 e. The fourth-order valence-corrected chi connectivity index (χ4v) is 8.93. The van der Waals surface area contributed by atoms with Crippen LogP contribution in [0.4, 0.5) is 0 Å². The van der Waals surface area contributed by atoms with E-state index < -0.39 is 0 Å². The van der Waals surface area contributed by atoms with Crippen LogP contribution in [0.3, 0.4) is 0 Å². The summed E-state index contributed by atoms with van der Waals surface area (Å²) in [6.45, 7) is 6.42. The number of rotatable bonds is 3. The van der Waals surface area contributed by atoms with Gasteiger partial charge in [0.25, 0.3) is 0 Å². The number of hydrogen-bond donors (Lipinski definition) is 1. The van der Waals surface area contributed by atoms with Gasteiger partial charge in [-0.05, 0) is 80.5 Å². The summed E-state index contributed by atoms with van der Waals surface area (Å²) in [5.41, 5.74) is 0.325. The molecule has 0 aromatic heterocycles. The fourth-order valence-electron chi connectivity index (χ4n) is 8.74. The zero-order valence-electron chi connectivity index (χ0n) is 18.4. The van der Waals surface area contributed by atoms with E-state index in [4.69, 9.17) is 23.1 Å². The monoisotopic (exact) mass is 426 g/mol. The van der Waals surface area contributed by atoms with Crippen molar-refractivity contribution in [3.63, 3.8) is 0 Å². The molecule has 5 nitrogen and oxygen atoms in total. The molecule has 5 rings (SSSR count). The lowest BCUT2D eigenvalue weighted by atomic mass is 9.43. The Bertz CT molecular complexity index is 624. The topological polar surface area (TPSA) is 46.2 Å². The van der Waals surface area contributed by atoms with Gasteiger partial charge in [-0.2, -0.15) is 0 Å². The molecule has 0 aromatic rings. The summed E-state index contributed by atoms with van der Waals surface area (Å²) in [5.74, 6) is 1.77. The van der Waals surface area contributed by atoms with Gasteiger partial charge in [-0.15, -0.1) is 0 Å². The van der Waals surface area contributed by atoms with Crippen LogP contribution >= 0.6 is 12.9 Å². The van der Waals surface area contributed by atoms with E-state index in [-0.39, 0.29) is 34.9 Å². The second-order valence-electron chi connectivity index (χ2n) is 10.7. The first-order chi connectivity index (χ1) is 13.9. The SMILES string of the molecule is CO[C@@H]1C2C(CC[C@@]3(C)C2CCC32OCCO2)[C@@]2(C)CC[C@H](OS)CC2[C@H]1OC. The van der Waals surface area contributed by atoms with Crippen molar-refractivity contribution in [1.29, 1.82) is 0 Å². The lowest BCUT2D eigenvalue weighted by Gasteiger charge is -2.64. The highest BCUT2D eigenvalue weighted by molar-refractivity contribution is 7.75. The van der Waals surface area contributed by atoms with Gasteiger partial charge in [0.05, 0.1) is 31.5 Å². The van der Waals surface area contributed by atoms with Gasteiger partial charge >= 0.3 is 0 Å². The minimum Gasteiger partial charge on any atom is -0.378 e. The highest BCUT2D eigenvalue weighted by Gasteiger charge is 2.70. The predicted molar refractivity (Wildman–Crippen MR) is 113 cm³/mol. The molecule has 5 aliphatic rings. The quantitative estimate of drug-likeness (QED) is 0.540. The lowest BCUT2D eigenvalue weighted by Crippen LogP contribution is -2.66. The highest BCUT2D eigenvalue weighted by atomic mass is 32.1. The van der Waals surface area contributed by atoms with Gasteiger partial charge in [-0.25, -0.2) is 0 Å². The molecule has 1 spiro atoms. The number of methoxy groups -OCH3 is 2. The predicted octanol–water partition coefficient (Wildman–Crippen LogP) is 4.25. The van der Waals surface area contributed by atoms with Crippen LogP contribution in [0.15, 0.2) is 0 Å². The molecule has 5 fully saturated rings. The van der Waals surface area contributed by atoms with Gasteiger partial charge in [0.15, 0.2) is 5.79 Å². The molecule has 0 aromatic carbocycles. The number of ether oxygens (including phenoxy) is 4. The molecule has 0 N–H and O–H groups in total. The van der Waals surface area contributed by atoms with E-state index >= 15 is 0 Å². The molecular weight excluding hydrogens is 388 g/mol. The summed E-state index contributed by atoms with van der Waals surface area (Å²) in [5, 5.41) is 0. The normalized spacial score (nSPS) is 53.5. The third-order valence-corrected chi connectivity index (χ3v) is 10.4. The summed E-state index contributed by atoms with van der Waals surface area (Å²) in [6, 6.07) is 0. The Labute approximate surface area is 181 Å². The first kappa shape index (κ1) is 21.0. The van der Waals surface area contributed by atoms with E-state index in [1.54, 1.807) is 0 Å². The van der Waals surface area contributed by atoms with Gasteiger partial charge in [0, 0.05) is 26.1 Å². The minimum atomic E-state index is -0.376. The molecule has 4 aliphatic carbocycles. The Balaban J connectivity index is 1.53. The van der Waals surface area contributed by atoms with Crippen LogP contribution in [0.5, 0.6) is 0 Å². The van der Waals surface area contributed by atoms with Gasteiger partial charge in [-0.3, -0.25) is 0 Å². The minimum absolute atomic E-state index is 0.0638. The zero-order chi connectivity index (χ0) is 20.4. The molecule has 0 radical (unpaired) electrons. The third-order valence-electron chi connectivity index (χ3n) is 10.1. The maximum Gasteiger partial charge on any atom is 0.174 e. The van der Waals surface area contributed by atoms with E-state index in [0.29, 0.717) is 23.7 Å². The third kappa shape index (κ3) is 2.72. The molecule has 0 bridgehead atoms. The zero-order valence-corrected chi connectivity index (χ0v) is 19.3. The molecule has 6 heteroatoms. The molecule has 4 unspecified atom stereocenters. The van der Waals surface area contributed by atoms with Crippen LogP contribution in [-0.2, 0) is 23.1 Å². The summed E-state index contributed by atoms with van der Waals surface area (Å²) in [4.78, 5) is 0. The lowest BCUT2D eigenvalue weighted by molar-refractivity contribution is -0.273. The van der Waals surface area contributed by atoms with Crippen LogP contribution in [0, 0.1) is 34.5 Å². The van der Waals surface area contributed by atoms with Gasteiger partial charge in [-0.1, -0.05) is 13.8 Å². The van der Waals surface area contributed by atoms with Crippen molar-refractivity contribution in [2.24, 2.45) is 34.5 Å². The Kier molecular flexibility index (Phi) is 5.32. The van der Waals surface area contributed by atoms with E-state index in [1.807, 2.05) is 14.2 Å². The second-order valence-corrected chi connectivity index (χ2v) is 11.0. The summed E-state index contributed by atoms with van der Waals surface area (Å²) in [7, 11) is 3.75. The van der Waals surface area contributed by atoms with Crippen LogP contribution in [-0.4, -0.2) is 51.5 Å².